The Balaban J connectivity index is 1.30. The summed E-state index contributed by atoms with van der Waals surface area (Å²) in [5, 5.41) is 0. The maximum atomic E-state index is 16.7. The summed E-state index contributed by atoms with van der Waals surface area (Å²) in [6.07, 6.45) is 58.5. The van der Waals surface area contributed by atoms with Crippen LogP contribution in [0.2, 0.25) is 0 Å². The van der Waals surface area contributed by atoms with Crippen molar-refractivity contribution in [2.24, 2.45) is 11.8 Å². The lowest BCUT2D eigenvalue weighted by molar-refractivity contribution is -0.147. The molecule has 0 fully saturated rings. The Morgan fingerprint density at radius 3 is 1.02 bits per heavy atom. The van der Waals surface area contributed by atoms with E-state index in [1.807, 2.05) is 13.8 Å². The van der Waals surface area contributed by atoms with Crippen LogP contribution in [0.5, 0.6) is 0 Å². The highest BCUT2D eigenvalue weighted by Crippen LogP contribution is 2.59. The van der Waals surface area contributed by atoms with Crippen molar-refractivity contribution in [3.63, 3.8) is 0 Å². The number of ether oxygens (including phenoxy) is 4. The number of ketones is 2. The third kappa shape index (κ3) is 25.5. The second-order valence-electron chi connectivity index (χ2n) is 32.9. The van der Waals surface area contributed by atoms with Crippen LogP contribution < -0.4 is 0 Å². The second kappa shape index (κ2) is 49.1. The summed E-state index contributed by atoms with van der Waals surface area (Å²) in [6, 6.07) is 28.9. The van der Waals surface area contributed by atoms with Gasteiger partial charge in [-0.15, -0.1) is 0 Å². The summed E-state index contributed by atoms with van der Waals surface area (Å²) in [5.41, 5.74) is 16.2. The first-order valence-corrected chi connectivity index (χ1v) is 46.4. The zero-order valence-electron chi connectivity index (χ0n) is 68.6. The van der Waals surface area contributed by atoms with Crippen LogP contribution in [0.15, 0.2) is 92.9 Å². The number of unbranched alkanes of at least 4 members (excludes halogenated alkanes) is 36. The molecule has 106 heavy (non-hydrogen) atoms. The molecule has 0 saturated heterocycles. The van der Waals surface area contributed by atoms with Gasteiger partial charge in [0.2, 0.25) is 0 Å². The lowest BCUT2D eigenvalue weighted by Crippen LogP contribution is -2.26. The number of benzene rings is 4. The molecule has 0 saturated carbocycles. The van der Waals surface area contributed by atoms with Crippen molar-refractivity contribution in [1.29, 1.82) is 0 Å². The van der Waals surface area contributed by atoms with E-state index in [0.717, 1.165) is 56.9 Å². The summed E-state index contributed by atoms with van der Waals surface area (Å²) in [4.78, 5) is 33.1. The van der Waals surface area contributed by atoms with Gasteiger partial charge in [-0.05, 0) is 181 Å². The van der Waals surface area contributed by atoms with Gasteiger partial charge in [0.1, 0.15) is 0 Å². The summed E-state index contributed by atoms with van der Waals surface area (Å²) in [6.45, 7) is 19.5. The summed E-state index contributed by atoms with van der Waals surface area (Å²) in [7, 11) is 0. The monoisotopic (exact) mass is 1580 g/mol. The molecule has 4 aliphatic rings. The predicted molar refractivity (Wildman–Crippen MR) is 459 cm³/mol. The molecule has 4 aliphatic carbocycles. The van der Waals surface area contributed by atoms with Crippen LogP contribution in [0.1, 0.15) is 410 Å². The standard InChI is InChI=1S/C98H148Br2O6/c1-9-17-21-25-29-33-37-41-45-49-63-97(64-50-46-42-38-34-30-26-22-18-10-2)86-70-76(53-58-81(86)83-60-56-79(99)73-88(83)97)85-67-75(69-92(103-13-5)104-14-6)68-91(102)96-94(78(55-62-90(101)95(85)96)72-93(105-15-7)106-16-8)77-54-59-82-84-61-57-80(100)74-89(84)98(87(82)71-77,65-51-47-43-39-35-31-27-23-19-11-3)66-52-48-44-40-36-32-28-24-20-12-4/h53-54,56-61,70-71,73-75,78,92-93H,9-52,55,62-69,72H2,1-8H3. The molecule has 2 unspecified atom stereocenters. The largest absolute Gasteiger partial charge is 0.353 e. The Morgan fingerprint density at radius 2 is 0.660 bits per heavy atom. The summed E-state index contributed by atoms with van der Waals surface area (Å²) < 4.78 is 28.3. The van der Waals surface area contributed by atoms with E-state index in [-0.39, 0.29) is 34.2 Å². The van der Waals surface area contributed by atoms with Crippen LogP contribution >= 0.6 is 31.9 Å². The molecule has 0 bridgehead atoms. The molecule has 0 spiro atoms. The molecule has 0 heterocycles. The van der Waals surface area contributed by atoms with Gasteiger partial charge >= 0.3 is 0 Å². The molecule has 8 rings (SSSR count). The van der Waals surface area contributed by atoms with Gasteiger partial charge in [0.05, 0.1) is 0 Å². The van der Waals surface area contributed by atoms with E-state index in [9.17, 15) is 0 Å². The number of Topliss-reactive ketones (excluding diaryl/α,β-unsaturated/α-hetero) is 2. The zero-order chi connectivity index (χ0) is 75.2. The number of hydrogen-bond acceptors (Lipinski definition) is 6. The van der Waals surface area contributed by atoms with Gasteiger partial charge in [-0.3, -0.25) is 9.59 Å². The van der Waals surface area contributed by atoms with Crippen molar-refractivity contribution in [1.82, 2.24) is 0 Å². The van der Waals surface area contributed by atoms with Crippen molar-refractivity contribution in [2.45, 2.75) is 400 Å². The van der Waals surface area contributed by atoms with E-state index in [1.54, 1.807) is 0 Å². The quantitative estimate of drug-likeness (QED) is 0.0324. The molecular weight excluding hydrogens is 1430 g/mol. The third-order valence-electron chi connectivity index (χ3n) is 25.0. The van der Waals surface area contributed by atoms with Gasteiger partial charge in [-0.25, -0.2) is 0 Å². The predicted octanol–water partition coefficient (Wildman–Crippen LogP) is 30.7. The molecule has 0 amide bonds. The van der Waals surface area contributed by atoms with Crippen LogP contribution in [-0.2, 0) is 39.4 Å². The summed E-state index contributed by atoms with van der Waals surface area (Å²) >= 11 is 8.11. The fourth-order valence-electron chi connectivity index (χ4n) is 19.4. The zero-order valence-corrected chi connectivity index (χ0v) is 71.8. The smallest absolute Gasteiger partial charge is 0.164 e. The molecule has 590 valence electrons. The first kappa shape index (κ1) is 88.1. The van der Waals surface area contributed by atoms with Crippen LogP contribution in [0.25, 0.3) is 33.4 Å². The lowest BCUT2D eigenvalue weighted by Gasteiger charge is -2.34. The average molecular weight is 1580 g/mol. The average Bonchev–Trinajstić information content (AvgIpc) is 1.51. The van der Waals surface area contributed by atoms with E-state index < -0.39 is 12.6 Å². The number of rotatable bonds is 58. The minimum atomic E-state index is -0.497. The van der Waals surface area contributed by atoms with Crippen molar-refractivity contribution in [2.75, 3.05) is 26.4 Å². The third-order valence-corrected chi connectivity index (χ3v) is 26.0. The maximum absolute atomic E-state index is 16.7. The first-order valence-electron chi connectivity index (χ1n) is 44.9. The van der Waals surface area contributed by atoms with Crippen molar-refractivity contribution < 1.29 is 28.5 Å². The van der Waals surface area contributed by atoms with Crippen LogP contribution in [0.3, 0.4) is 0 Å². The van der Waals surface area contributed by atoms with Crippen molar-refractivity contribution >= 4 is 54.6 Å². The van der Waals surface area contributed by atoms with Crippen LogP contribution in [-0.4, -0.2) is 50.6 Å². The Hall–Kier alpha value is -3.50. The topological polar surface area (TPSA) is 71.1 Å². The van der Waals surface area contributed by atoms with Gasteiger partial charge in [0.25, 0.3) is 0 Å². The number of halogens is 2. The molecule has 4 aromatic rings. The SMILES string of the molecule is CCCCCCCCCCCCC1(CCCCCCCCCCCC)c2cc(Br)ccc2-c2ccc(C3=C4C(=O)CCC(CC(OCC)OCC)C(c5ccc6c(c5)C(CCCCCCCCCCCC)(CCCCCCCCCCCC)c5cc(Br)ccc5-6)=C4C(=O)CC(CC(OCC)OCC)C3)cc21. The molecule has 2 atom stereocenters. The summed E-state index contributed by atoms with van der Waals surface area (Å²) in [5.74, 6) is -0.195. The minimum absolute atomic E-state index is 0.0609. The first-order chi connectivity index (χ1) is 51.9. The molecule has 0 aromatic heterocycles. The lowest BCUT2D eigenvalue weighted by atomic mass is 9.69. The van der Waals surface area contributed by atoms with Gasteiger partial charge in [-0.2, -0.15) is 0 Å². The van der Waals surface area contributed by atoms with Gasteiger partial charge in [-0.1, -0.05) is 353 Å². The number of fused-ring (bicyclic) bond motifs is 7. The minimum Gasteiger partial charge on any atom is -0.353 e. The van der Waals surface area contributed by atoms with Gasteiger partial charge in [0, 0.05) is 83.0 Å². The Morgan fingerprint density at radius 1 is 0.349 bits per heavy atom. The number of allylic oxidation sites excluding steroid dienone is 4. The van der Waals surface area contributed by atoms with Gasteiger partial charge < -0.3 is 18.9 Å². The highest BCUT2D eigenvalue weighted by Gasteiger charge is 2.47. The molecule has 6 nitrogen and oxygen atoms in total. The van der Waals surface area contributed by atoms with Crippen molar-refractivity contribution in [3.8, 4) is 22.3 Å². The molecule has 0 N–H and O–H groups in total. The highest BCUT2D eigenvalue weighted by molar-refractivity contribution is 9.10. The molecule has 0 aliphatic heterocycles. The van der Waals surface area contributed by atoms with Crippen molar-refractivity contribution in [3.05, 3.63) is 126 Å². The van der Waals surface area contributed by atoms with E-state index in [2.05, 4.69) is 146 Å². The molecule has 8 heteroatoms. The van der Waals surface area contributed by atoms with E-state index >= 15 is 9.59 Å². The Kier molecular flexibility index (Phi) is 40.8. The fourth-order valence-corrected chi connectivity index (χ4v) is 20.1. The normalized spacial score (nSPS) is 16.7. The number of carbonyl (C=O) groups is 2. The van der Waals surface area contributed by atoms with E-state index in [1.165, 1.54) is 301 Å². The van der Waals surface area contributed by atoms with E-state index in [4.69, 9.17) is 18.9 Å². The molecule has 4 aromatic carbocycles. The highest BCUT2D eigenvalue weighted by atomic mass is 79.9. The Bertz CT molecular complexity index is 3220. The van der Waals surface area contributed by atoms with Crippen LogP contribution in [0, 0.1) is 11.8 Å². The van der Waals surface area contributed by atoms with Gasteiger partial charge in [0.15, 0.2) is 24.1 Å². The number of hydrogen-bond donors (Lipinski definition) is 0. The van der Waals surface area contributed by atoms with Crippen LogP contribution in [0.4, 0.5) is 0 Å². The second-order valence-corrected chi connectivity index (χ2v) is 34.8. The molecular formula is C98H148Br2O6. The molecule has 0 radical (unpaired) electrons. The Labute approximate surface area is 665 Å². The fraction of sp³-hybridized carbons (Fsp3) is 0.694. The maximum Gasteiger partial charge on any atom is 0.164 e. The number of carbonyl (C=O) groups excluding carboxylic acids is 2. The van der Waals surface area contributed by atoms with E-state index in [0.29, 0.717) is 76.1 Å².